The Hall–Kier alpha value is 0.870. The van der Waals surface area contributed by atoms with E-state index in [0.717, 1.165) is 6.92 Å². The molecule has 0 amide bonds. The molecule has 6 heteroatoms. The summed E-state index contributed by atoms with van der Waals surface area (Å²) < 4.78 is 30.7. The smallest absolute Gasteiger partial charge is 0.746 e. The summed E-state index contributed by atoms with van der Waals surface area (Å²) in [5.74, 6) is 0. The Bertz CT molecular complexity index is 197. The van der Waals surface area contributed by atoms with Gasteiger partial charge in [0.2, 0.25) is 0 Å². The monoisotopic (exact) mass is 190 g/mol. The maximum absolute atomic E-state index is 10.2. The summed E-state index contributed by atoms with van der Waals surface area (Å²) in [5.41, 5.74) is 0. The molecule has 0 radical (unpaired) electrons. The van der Waals surface area contributed by atoms with E-state index in [4.69, 9.17) is 5.11 Å². The maximum atomic E-state index is 10.2. The van der Waals surface area contributed by atoms with Crippen LogP contribution in [-0.2, 0) is 10.1 Å². The average molecular weight is 190 g/mol. The summed E-state index contributed by atoms with van der Waals surface area (Å²) >= 11 is 0. The molecule has 1 N–H and O–H groups in total. The van der Waals surface area contributed by atoms with Gasteiger partial charge in [0.1, 0.15) is 10.1 Å². The second-order valence-corrected chi connectivity index (χ2v) is 4.17. The second kappa shape index (κ2) is 4.79. The molecule has 0 saturated carbocycles. The molecular formula is C5H11NaO4S. The third-order valence-corrected chi connectivity index (χ3v) is 2.53. The zero-order valence-electron chi connectivity index (χ0n) is 6.99. The van der Waals surface area contributed by atoms with Crippen LogP contribution in [0.4, 0.5) is 0 Å². The molecule has 0 spiro atoms. The standard InChI is InChI=1S/C5H12O4S.Na/c1-3-4-5(2,6)10(7,8)9;/h6H,3-4H2,1-2H3,(H,7,8,9);/q;+1/p-1. The van der Waals surface area contributed by atoms with E-state index in [1.54, 1.807) is 6.92 Å². The molecule has 0 heterocycles. The van der Waals surface area contributed by atoms with Gasteiger partial charge in [0.05, 0.1) is 0 Å². The van der Waals surface area contributed by atoms with Crippen molar-refractivity contribution >= 4 is 10.1 Å². The zero-order chi connectivity index (χ0) is 8.41. The van der Waals surface area contributed by atoms with Gasteiger partial charge in [-0.25, -0.2) is 8.42 Å². The first kappa shape index (κ1) is 14.4. The van der Waals surface area contributed by atoms with Crippen LogP contribution in [0.1, 0.15) is 26.7 Å². The predicted octanol–water partition coefficient (Wildman–Crippen LogP) is -2.96. The molecule has 0 aromatic rings. The van der Waals surface area contributed by atoms with Crippen molar-refractivity contribution in [3.63, 3.8) is 0 Å². The van der Waals surface area contributed by atoms with E-state index < -0.39 is 15.1 Å². The van der Waals surface area contributed by atoms with Crippen molar-refractivity contribution in [3.8, 4) is 0 Å². The number of hydrogen-bond acceptors (Lipinski definition) is 4. The van der Waals surface area contributed by atoms with Crippen molar-refractivity contribution in [2.24, 2.45) is 0 Å². The van der Waals surface area contributed by atoms with Crippen LogP contribution in [0.15, 0.2) is 0 Å². The fourth-order valence-corrected chi connectivity index (χ4v) is 1.04. The molecular weight excluding hydrogens is 179 g/mol. The van der Waals surface area contributed by atoms with Crippen molar-refractivity contribution in [2.75, 3.05) is 0 Å². The normalized spacial score (nSPS) is 16.7. The van der Waals surface area contributed by atoms with Gasteiger partial charge in [-0.15, -0.1) is 0 Å². The predicted molar refractivity (Wildman–Crippen MR) is 35.2 cm³/mol. The molecule has 1 unspecified atom stereocenters. The van der Waals surface area contributed by atoms with Crippen LogP contribution in [0.3, 0.4) is 0 Å². The Balaban J connectivity index is 0. The van der Waals surface area contributed by atoms with Crippen molar-refractivity contribution < 1.29 is 47.6 Å². The Morgan fingerprint density at radius 2 is 1.91 bits per heavy atom. The Morgan fingerprint density at radius 3 is 2.00 bits per heavy atom. The van der Waals surface area contributed by atoms with E-state index in [2.05, 4.69) is 0 Å². The fourth-order valence-electron chi connectivity index (χ4n) is 0.589. The zero-order valence-corrected chi connectivity index (χ0v) is 9.81. The van der Waals surface area contributed by atoms with E-state index in [0.29, 0.717) is 6.42 Å². The van der Waals surface area contributed by atoms with E-state index >= 15 is 0 Å². The molecule has 0 aliphatic carbocycles. The van der Waals surface area contributed by atoms with Gasteiger partial charge in [0.25, 0.3) is 0 Å². The van der Waals surface area contributed by atoms with E-state index in [-0.39, 0.29) is 36.0 Å². The number of hydrogen-bond donors (Lipinski definition) is 1. The Morgan fingerprint density at radius 1 is 1.55 bits per heavy atom. The summed E-state index contributed by atoms with van der Waals surface area (Å²) in [6.07, 6.45) is 0.452. The second-order valence-electron chi connectivity index (χ2n) is 2.38. The topological polar surface area (TPSA) is 77.4 Å². The van der Waals surface area contributed by atoms with Gasteiger partial charge in [-0.1, -0.05) is 13.3 Å². The summed E-state index contributed by atoms with van der Waals surface area (Å²) in [6.45, 7) is 2.71. The van der Waals surface area contributed by atoms with Gasteiger partial charge in [0, 0.05) is 0 Å². The first-order valence-electron chi connectivity index (χ1n) is 2.99. The molecule has 0 aromatic heterocycles. The van der Waals surface area contributed by atoms with Gasteiger partial charge < -0.3 is 9.66 Å². The van der Waals surface area contributed by atoms with Crippen molar-refractivity contribution in [3.05, 3.63) is 0 Å². The SMILES string of the molecule is CCCC(C)(O)S(=O)(=O)[O-].[Na+]. The van der Waals surface area contributed by atoms with Crippen molar-refractivity contribution in [2.45, 2.75) is 31.6 Å². The van der Waals surface area contributed by atoms with Gasteiger partial charge in [0.15, 0.2) is 4.93 Å². The van der Waals surface area contributed by atoms with Crippen molar-refractivity contribution in [1.82, 2.24) is 0 Å². The fraction of sp³-hybridized carbons (Fsp3) is 1.00. The van der Waals surface area contributed by atoms with Gasteiger partial charge >= 0.3 is 29.6 Å². The molecule has 0 rings (SSSR count). The van der Waals surface area contributed by atoms with Crippen LogP contribution in [0.25, 0.3) is 0 Å². The molecule has 0 aliphatic heterocycles. The minimum atomic E-state index is -4.56. The van der Waals surface area contributed by atoms with Crippen LogP contribution in [-0.4, -0.2) is 23.0 Å². The first-order valence-corrected chi connectivity index (χ1v) is 4.40. The third kappa shape index (κ3) is 4.45. The molecule has 0 fully saturated rings. The van der Waals surface area contributed by atoms with Crippen LogP contribution in [0.2, 0.25) is 0 Å². The van der Waals surface area contributed by atoms with Gasteiger partial charge in [-0.2, -0.15) is 0 Å². The molecule has 62 valence electrons. The minimum absolute atomic E-state index is 0. The molecule has 0 bridgehead atoms. The molecule has 11 heavy (non-hydrogen) atoms. The maximum Gasteiger partial charge on any atom is 1.00 e. The molecule has 0 aromatic carbocycles. The van der Waals surface area contributed by atoms with Crippen LogP contribution < -0.4 is 29.6 Å². The largest absolute Gasteiger partial charge is 1.00 e. The third-order valence-electron chi connectivity index (χ3n) is 1.25. The van der Waals surface area contributed by atoms with E-state index in [1.165, 1.54) is 0 Å². The summed E-state index contributed by atoms with van der Waals surface area (Å²) in [6, 6.07) is 0. The molecule has 4 nitrogen and oxygen atoms in total. The number of rotatable bonds is 3. The van der Waals surface area contributed by atoms with Crippen LogP contribution in [0, 0.1) is 0 Å². The molecule has 0 aliphatic rings. The summed E-state index contributed by atoms with van der Waals surface area (Å²) in [5, 5.41) is 8.95. The Kier molecular flexibility index (Phi) is 6.27. The Labute approximate surface area is 89.0 Å². The van der Waals surface area contributed by atoms with E-state index in [1.807, 2.05) is 0 Å². The quantitative estimate of drug-likeness (QED) is 0.381. The summed E-state index contributed by atoms with van der Waals surface area (Å²) in [7, 11) is -4.56. The van der Waals surface area contributed by atoms with Crippen molar-refractivity contribution in [1.29, 1.82) is 0 Å². The van der Waals surface area contributed by atoms with E-state index in [9.17, 15) is 13.0 Å². The first-order chi connectivity index (χ1) is 4.31. The number of aliphatic hydroxyl groups is 1. The molecule has 0 saturated heterocycles. The van der Waals surface area contributed by atoms with Crippen LogP contribution in [0.5, 0.6) is 0 Å². The average Bonchev–Trinajstić information content (AvgIpc) is 1.61. The van der Waals surface area contributed by atoms with Crippen LogP contribution >= 0.6 is 0 Å². The minimum Gasteiger partial charge on any atom is -0.746 e. The molecule has 1 atom stereocenters. The van der Waals surface area contributed by atoms with Gasteiger partial charge in [-0.3, -0.25) is 0 Å². The summed E-state index contributed by atoms with van der Waals surface area (Å²) in [4.78, 5) is -2.10. The van der Waals surface area contributed by atoms with Gasteiger partial charge in [-0.05, 0) is 13.3 Å².